The van der Waals surface area contributed by atoms with Crippen LogP contribution in [0.4, 0.5) is 5.95 Å². The summed E-state index contributed by atoms with van der Waals surface area (Å²) in [6, 6.07) is 1.95. The van der Waals surface area contributed by atoms with E-state index in [2.05, 4.69) is 22.2 Å². The molecule has 3 nitrogen and oxygen atoms in total. The van der Waals surface area contributed by atoms with Crippen LogP contribution in [0.15, 0.2) is 6.07 Å². The van der Waals surface area contributed by atoms with Crippen LogP contribution < -0.4 is 5.32 Å². The standard InChI is InChI=1S/C11H18ClN3/c1-4-5-10(12)7-13-11-14-8(2)6-9(3)15-11/h6,10H,4-5,7H2,1-3H3,(H,13,14,15). The summed E-state index contributed by atoms with van der Waals surface area (Å²) in [7, 11) is 0. The molecular weight excluding hydrogens is 210 g/mol. The van der Waals surface area contributed by atoms with E-state index in [0.29, 0.717) is 5.95 Å². The van der Waals surface area contributed by atoms with Crippen LogP contribution in [0.1, 0.15) is 31.2 Å². The van der Waals surface area contributed by atoms with Crippen LogP contribution >= 0.6 is 11.6 Å². The molecule has 0 amide bonds. The molecule has 0 spiro atoms. The molecule has 1 unspecified atom stereocenters. The maximum absolute atomic E-state index is 6.09. The molecule has 4 heteroatoms. The van der Waals surface area contributed by atoms with Crippen molar-refractivity contribution in [2.24, 2.45) is 0 Å². The number of aryl methyl sites for hydroxylation is 2. The molecule has 1 aromatic rings. The summed E-state index contributed by atoms with van der Waals surface area (Å²) in [5.41, 5.74) is 1.96. The average Bonchev–Trinajstić information content (AvgIpc) is 2.14. The molecule has 15 heavy (non-hydrogen) atoms. The Bertz CT molecular complexity index is 294. The highest BCUT2D eigenvalue weighted by Crippen LogP contribution is 2.08. The van der Waals surface area contributed by atoms with E-state index in [1.54, 1.807) is 0 Å². The third kappa shape index (κ3) is 4.47. The lowest BCUT2D eigenvalue weighted by Gasteiger charge is -2.10. The van der Waals surface area contributed by atoms with Crippen LogP contribution in [-0.2, 0) is 0 Å². The van der Waals surface area contributed by atoms with Gasteiger partial charge in [-0.05, 0) is 26.3 Å². The normalized spacial score (nSPS) is 12.5. The molecular formula is C11H18ClN3. The van der Waals surface area contributed by atoms with E-state index in [0.717, 1.165) is 30.8 Å². The van der Waals surface area contributed by atoms with Crippen LogP contribution in [0.25, 0.3) is 0 Å². The molecule has 0 radical (unpaired) electrons. The first-order valence-electron chi connectivity index (χ1n) is 5.32. The van der Waals surface area contributed by atoms with Crippen molar-refractivity contribution in [1.82, 2.24) is 9.97 Å². The highest BCUT2D eigenvalue weighted by molar-refractivity contribution is 6.20. The Morgan fingerprint density at radius 2 is 1.93 bits per heavy atom. The van der Waals surface area contributed by atoms with Gasteiger partial charge in [0, 0.05) is 17.9 Å². The zero-order chi connectivity index (χ0) is 11.3. The number of aromatic nitrogens is 2. The molecule has 0 aliphatic rings. The Kier molecular flexibility index (Phi) is 4.82. The van der Waals surface area contributed by atoms with Crippen molar-refractivity contribution in [1.29, 1.82) is 0 Å². The Hall–Kier alpha value is -0.830. The Morgan fingerprint density at radius 3 is 2.47 bits per heavy atom. The maximum atomic E-state index is 6.09. The second-order valence-electron chi connectivity index (χ2n) is 3.74. The predicted molar refractivity (Wildman–Crippen MR) is 64.5 cm³/mol. The second kappa shape index (κ2) is 5.91. The van der Waals surface area contributed by atoms with Crippen molar-refractivity contribution < 1.29 is 0 Å². The fourth-order valence-corrected chi connectivity index (χ4v) is 1.72. The topological polar surface area (TPSA) is 37.8 Å². The quantitative estimate of drug-likeness (QED) is 0.786. The van der Waals surface area contributed by atoms with Gasteiger partial charge in [0.1, 0.15) is 0 Å². The van der Waals surface area contributed by atoms with Gasteiger partial charge in [-0.3, -0.25) is 0 Å². The van der Waals surface area contributed by atoms with Crippen molar-refractivity contribution in [2.75, 3.05) is 11.9 Å². The number of halogens is 1. The SMILES string of the molecule is CCCC(Cl)CNc1nc(C)cc(C)n1. The molecule has 1 N–H and O–H groups in total. The minimum atomic E-state index is 0.152. The van der Waals surface area contributed by atoms with Crippen molar-refractivity contribution in [3.8, 4) is 0 Å². The molecule has 1 rings (SSSR count). The lowest BCUT2D eigenvalue weighted by molar-refractivity contribution is 0.748. The van der Waals surface area contributed by atoms with E-state index < -0.39 is 0 Å². The van der Waals surface area contributed by atoms with Gasteiger partial charge in [0.15, 0.2) is 0 Å². The number of nitrogens with zero attached hydrogens (tertiary/aromatic N) is 2. The first kappa shape index (κ1) is 12.2. The van der Waals surface area contributed by atoms with Gasteiger partial charge in [-0.15, -0.1) is 11.6 Å². The number of anilines is 1. The van der Waals surface area contributed by atoms with E-state index in [1.165, 1.54) is 0 Å². The molecule has 0 saturated heterocycles. The lowest BCUT2D eigenvalue weighted by Crippen LogP contribution is -2.16. The van der Waals surface area contributed by atoms with Gasteiger partial charge in [-0.1, -0.05) is 13.3 Å². The number of rotatable bonds is 5. The summed E-state index contributed by atoms with van der Waals surface area (Å²) >= 11 is 6.09. The van der Waals surface area contributed by atoms with Gasteiger partial charge in [0.05, 0.1) is 5.38 Å². The summed E-state index contributed by atoms with van der Waals surface area (Å²) in [4.78, 5) is 8.57. The first-order valence-corrected chi connectivity index (χ1v) is 5.75. The number of alkyl halides is 1. The molecule has 1 heterocycles. The second-order valence-corrected chi connectivity index (χ2v) is 4.36. The summed E-state index contributed by atoms with van der Waals surface area (Å²) in [5.74, 6) is 0.675. The van der Waals surface area contributed by atoms with E-state index >= 15 is 0 Å². The third-order valence-electron chi connectivity index (χ3n) is 2.07. The van der Waals surface area contributed by atoms with Crippen LogP contribution in [0, 0.1) is 13.8 Å². The van der Waals surface area contributed by atoms with E-state index in [9.17, 15) is 0 Å². The molecule has 0 fully saturated rings. The van der Waals surface area contributed by atoms with Crippen LogP contribution in [-0.4, -0.2) is 21.9 Å². The predicted octanol–water partition coefficient (Wildman–Crippen LogP) is 2.91. The zero-order valence-electron chi connectivity index (χ0n) is 9.55. The fraction of sp³-hybridized carbons (Fsp3) is 0.636. The lowest BCUT2D eigenvalue weighted by atomic mass is 10.2. The van der Waals surface area contributed by atoms with E-state index in [4.69, 9.17) is 11.6 Å². The molecule has 84 valence electrons. The van der Waals surface area contributed by atoms with Crippen LogP contribution in [0.2, 0.25) is 0 Å². The largest absolute Gasteiger partial charge is 0.353 e. The minimum absolute atomic E-state index is 0.152. The van der Waals surface area contributed by atoms with Gasteiger partial charge in [0.25, 0.3) is 0 Å². The van der Waals surface area contributed by atoms with Crippen molar-refractivity contribution >= 4 is 17.5 Å². The molecule has 0 aliphatic carbocycles. The van der Waals surface area contributed by atoms with Gasteiger partial charge in [0.2, 0.25) is 5.95 Å². The summed E-state index contributed by atoms with van der Waals surface area (Å²) in [6.07, 6.45) is 2.11. The van der Waals surface area contributed by atoms with Gasteiger partial charge in [-0.25, -0.2) is 9.97 Å². The van der Waals surface area contributed by atoms with Crippen molar-refractivity contribution in [3.63, 3.8) is 0 Å². The van der Waals surface area contributed by atoms with Crippen LogP contribution in [0.3, 0.4) is 0 Å². The first-order chi connectivity index (χ1) is 7.11. The highest BCUT2D eigenvalue weighted by Gasteiger charge is 2.04. The Labute approximate surface area is 96.3 Å². The summed E-state index contributed by atoms with van der Waals surface area (Å²) < 4.78 is 0. The van der Waals surface area contributed by atoms with Gasteiger partial charge in [-0.2, -0.15) is 0 Å². The number of hydrogen-bond acceptors (Lipinski definition) is 3. The fourth-order valence-electron chi connectivity index (χ4n) is 1.42. The number of nitrogens with one attached hydrogen (secondary N) is 1. The highest BCUT2D eigenvalue weighted by atomic mass is 35.5. The smallest absolute Gasteiger partial charge is 0.223 e. The van der Waals surface area contributed by atoms with Crippen molar-refractivity contribution in [2.45, 2.75) is 39.0 Å². The monoisotopic (exact) mass is 227 g/mol. The average molecular weight is 228 g/mol. The third-order valence-corrected chi connectivity index (χ3v) is 2.44. The molecule has 0 saturated carbocycles. The molecule has 0 aliphatic heterocycles. The van der Waals surface area contributed by atoms with Gasteiger partial charge < -0.3 is 5.32 Å². The molecule has 1 atom stereocenters. The molecule has 0 aromatic carbocycles. The minimum Gasteiger partial charge on any atom is -0.353 e. The Balaban J connectivity index is 2.50. The summed E-state index contributed by atoms with van der Waals surface area (Å²) in [6.45, 7) is 6.77. The Morgan fingerprint density at radius 1 is 1.33 bits per heavy atom. The zero-order valence-corrected chi connectivity index (χ0v) is 10.3. The molecule has 0 bridgehead atoms. The van der Waals surface area contributed by atoms with Gasteiger partial charge >= 0.3 is 0 Å². The van der Waals surface area contributed by atoms with E-state index in [1.807, 2.05) is 19.9 Å². The van der Waals surface area contributed by atoms with E-state index in [-0.39, 0.29) is 5.38 Å². The maximum Gasteiger partial charge on any atom is 0.223 e. The number of hydrogen-bond donors (Lipinski definition) is 1. The molecule has 1 aromatic heterocycles. The van der Waals surface area contributed by atoms with Crippen LogP contribution in [0.5, 0.6) is 0 Å². The van der Waals surface area contributed by atoms with Crippen molar-refractivity contribution in [3.05, 3.63) is 17.5 Å². The summed E-state index contributed by atoms with van der Waals surface area (Å²) in [5, 5.41) is 3.31.